The number of nitrogens with one attached hydrogen (secondary N) is 1. The van der Waals surface area contributed by atoms with Gasteiger partial charge >= 0.3 is 0 Å². The number of carbonyl (C=O) groups is 2. The molecule has 2 fully saturated rings. The number of ketones is 2. The first-order valence-electron chi connectivity index (χ1n) is 7.25. The fourth-order valence-electron chi connectivity index (χ4n) is 3.95. The monoisotopic (exact) mass is 251 g/mol. The maximum Gasteiger partial charge on any atom is 0.130 e. The Morgan fingerprint density at radius 3 is 1.89 bits per heavy atom. The molecule has 2 aliphatic rings. The molecule has 1 N–H and O–H groups in total. The predicted molar refractivity (Wildman–Crippen MR) is 71.3 cm³/mol. The molecule has 0 aromatic carbocycles. The van der Waals surface area contributed by atoms with Crippen LogP contribution in [0.15, 0.2) is 0 Å². The molecule has 2 unspecified atom stereocenters. The van der Waals surface area contributed by atoms with E-state index in [0.29, 0.717) is 35.4 Å². The Kier molecular flexibility index (Phi) is 4.55. The van der Waals surface area contributed by atoms with Crippen LogP contribution in [0, 0.1) is 17.8 Å². The number of hydrogen-bond donors (Lipinski definition) is 1. The normalized spacial score (nSPS) is 35.9. The SMILES string of the molecule is CC(=O)CC1CC2CNC(C1)CC(CC(C)=O)C2. The van der Waals surface area contributed by atoms with Crippen LogP contribution in [0.1, 0.15) is 52.4 Å². The maximum atomic E-state index is 11.3. The second-order valence-electron chi connectivity index (χ2n) is 6.46. The summed E-state index contributed by atoms with van der Waals surface area (Å²) in [4.78, 5) is 22.6. The Bertz CT molecular complexity index is 282. The third-order valence-electron chi connectivity index (χ3n) is 4.42. The van der Waals surface area contributed by atoms with Crippen molar-refractivity contribution in [3.05, 3.63) is 0 Å². The molecule has 2 rings (SSSR count). The van der Waals surface area contributed by atoms with Crippen LogP contribution in [0.25, 0.3) is 0 Å². The highest BCUT2D eigenvalue weighted by Gasteiger charge is 2.33. The summed E-state index contributed by atoms with van der Waals surface area (Å²) in [5.41, 5.74) is 0. The number of fused-ring (bicyclic) bond motifs is 3. The zero-order valence-electron chi connectivity index (χ0n) is 11.6. The fourth-order valence-corrected chi connectivity index (χ4v) is 3.95. The van der Waals surface area contributed by atoms with E-state index in [2.05, 4.69) is 5.32 Å². The first-order valence-corrected chi connectivity index (χ1v) is 7.25. The van der Waals surface area contributed by atoms with Gasteiger partial charge in [0.05, 0.1) is 0 Å². The Hall–Kier alpha value is -0.700. The van der Waals surface area contributed by atoms with Gasteiger partial charge in [0.25, 0.3) is 0 Å². The lowest BCUT2D eigenvalue weighted by molar-refractivity contribution is -0.118. The lowest BCUT2D eigenvalue weighted by atomic mass is 9.77. The highest BCUT2D eigenvalue weighted by molar-refractivity contribution is 5.76. The number of Topliss-reactive ketones (excluding diaryl/α,β-unsaturated/α-hetero) is 2. The van der Waals surface area contributed by atoms with Crippen molar-refractivity contribution in [3.8, 4) is 0 Å². The number of rotatable bonds is 4. The molecular weight excluding hydrogens is 226 g/mol. The van der Waals surface area contributed by atoms with Gasteiger partial charge < -0.3 is 14.9 Å². The summed E-state index contributed by atoms with van der Waals surface area (Å²) in [5, 5.41) is 3.63. The van der Waals surface area contributed by atoms with Crippen molar-refractivity contribution in [1.29, 1.82) is 0 Å². The molecule has 0 aromatic heterocycles. The van der Waals surface area contributed by atoms with E-state index in [4.69, 9.17) is 0 Å². The van der Waals surface area contributed by atoms with Crippen molar-refractivity contribution in [1.82, 2.24) is 5.32 Å². The molecule has 2 atom stereocenters. The average molecular weight is 251 g/mol. The summed E-state index contributed by atoms with van der Waals surface area (Å²) >= 11 is 0. The van der Waals surface area contributed by atoms with Crippen LogP contribution in [0.3, 0.4) is 0 Å². The van der Waals surface area contributed by atoms with E-state index in [1.54, 1.807) is 13.8 Å². The van der Waals surface area contributed by atoms with E-state index in [1.165, 1.54) is 0 Å². The second kappa shape index (κ2) is 5.96. The Labute approximate surface area is 110 Å². The van der Waals surface area contributed by atoms with Gasteiger partial charge in [-0.2, -0.15) is 0 Å². The molecule has 2 heterocycles. The standard InChI is InChI=1S/C15H25NO2/c1-10(17)3-12-5-14-6-13(4-11(2)18)8-15(7-12)16-9-14/h12-16H,3-9H2,1-2H3. The lowest BCUT2D eigenvalue weighted by Crippen LogP contribution is -2.30. The first kappa shape index (κ1) is 13.7. The van der Waals surface area contributed by atoms with Crippen molar-refractivity contribution < 1.29 is 9.59 Å². The highest BCUT2D eigenvalue weighted by atomic mass is 16.1. The molecule has 0 radical (unpaired) electrons. The van der Waals surface area contributed by atoms with Crippen molar-refractivity contribution in [2.75, 3.05) is 6.54 Å². The minimum atomic E-state index is 0.320. The summed E-state index contributed by atoms with van der Waals surface area (Å²) in [7, 11) is 0. The quantitative estimate of drug-likeness (QED) is 0.834. The molecule has 3 nitrogen and oxygen atoms in total. The van der Waals surface area contributed by atoms with Gasteiger partial charge in [0.1, 0.15) is 11.6 Å². The number of carbonyl (C=O) groups excluding carboxylic acids is 2. The summed E-state index contributed by atoms with van der Waals surface area (Å²) in [6.07, 6.45) is 6.04. The zero-order valence-corrected chi connectivity index (χ0v) is 11.6. The van der Waals surface area contributed by atoms with Gasteiger partial charge in [-0.05, 0) is 63.8 Å². The van der Waals surface area contributed by atoms with Crippen LogP contribution < -0.4 is 5.32 Å². The van der Waals surface area contributed by atoms with Crippen LogP contribution in [0.4, 0.5) is 0 Å². The minimum Gasteiger partial charge on any atom is -0.314 e. The molecule has 18 heavy (non-hydrogen) atoms. The van der Waals surface area contributed by atoms with E-state index in [0.717, 1.165) is 45.1 Å². The van der Waals surface area contributed by atoms with Crippen LogP contribution in [-0.2, 0) is 9.59 Å². The topological polar surface area (TPSA) is 46.2 Å². The van der Waals surface area contributed by atoms with Crippen molar-refractivity contribution in [2.24, 2.45) is 17.8 Å². The second-order valence-corrected chi connectivity index (χ2v) is 6.46. The molecule has 0 aromatic rings. The predicted octanol–water partition coefficient (Wildman–Crippen LogP) is 2.34. The van der Waals surface area contributed by atoms with E-state index in [9.17, 15) is 9.59 Å². The van der Waals surface area contributed by atoms with Crippen LogP contribution >= 0.6 is 0 Å². The van der Waals surface area contributed by atoms with Gasteiger partial charge in [0.15, 0.2) is 0 Å². The summed E-state index contributed by atoms with van der Waals surface area (Å²) in [5.74, 6) is 2.42. The maximum absolute atomic E-state index is 11.3. The summed E-state index contributed by atoms with van der Waals surface area (Å²) in [6.45, 7) is 4.48. The highest BCUT2D eigenvalue weighted by Crippen LogP contribution is 2.36. The largest absolute Gasteiger partial charge is 0.314 e. The minimum absolute atomic E-state index is 0.320. The molecule has 3 heteroatoms. The molecule has 0 spiro atoms. The van der Waals surface area contributed by atoms with Crippen molar-refractivity contribution in [3.63, 3.8) is 0 Å². The van der Waals surface area contributed by atoms with Crippen LogP contribution in [-0.4, -0.2) is 24.2 Å². The Balaban J connectivity index is 1.98. The smallest absolute Gasteiger partial charge is 0.130 e. The molecular formula is C15H25NO2. The zero-order chi connectivity index (χ0) is 13.1. The molecule has 0 amide bonds. The average Bonchev–Trinajstić information content (AvgIpc) is 2.47. The molecule has 0 saturated carbocycles. The van der Waals surface area contributed by atoms with Gasteiger partial charge in [-0.3, -0.25) is 0 Å². The molecule has 2 bridgehead atoms. The van der Waals surface area contributed by atoms with E-state index in [-0.39, 0.29) is 0 Å². The molecule has 2 saturated heterocycles. The lowest BCUT2D eigenvalue weighted by Gasteiger charge is -2.28. The van der Waals surface area contributed by atoms with Crippen LogP contribution in [0.5, 0.6) is 0 Å². The van der Waals surface area contributed by atoms with Gasteiger partial charge in [0, 0.05) is 18.9 Å². The van der Waals surface area contributed by atoms with E-state index in [1.807, 2.05) is 0 Å². The molecule has 2 aliphatic heterocycles. The Morgan fingerprint density at radius 2 is 1.44 bits per heavy atom. The third-order valence-corrected chi connectivity index (χ3v) is 4.42. The van der Waals surface area contributed by atoms with E-state index < -0.39 is 0 Å². The van der Waals surface area contributed by atoms with Gasteiger partial charge in [-0.25, -0.2) is 0 Å². The first-order chi connectivity index (χ1) is 8.52. The third kappa shape index (κ3) is 3.91. The fraction of sp³-hybridized carbons (Fsp3) is 0.867. The molecule has 0 aliphatic carbocycles. The van der Waals surface area contributed by atoms with Crippen molar-refractivity contribution in [2.45, 2.75) is 58.4 Å². The van der Waals surface area contributed by atoms with E-state index >= 15 is 0 Å². The van der Waals surface area contributed by atoms with Gasteiger partial charge in [-0.15, -0.1) is 0 Å². The Morgan fingerprint density at radius 1 is 0.944 bits per heavy atom. The van der Waals surface area contributed by atoms with Crippen LogP contribution in [0.2, 0.25) is 0 Å². The van der Waals surface area contributed by atoms with Gasteiger partial charge in [0.2, 0.25) is 0 Å². The van der Waals surface area contributed by atoms with Gasteiger partial charge in [-0.1, -0.05) is 0 Å². The number of hydrogen-bond acceptors (Lipinski definition) is 3. The molecule has 102 valence electrons. The summed E-state index contributed by atoms with van der Waals surface area (Å²) < 4.78 is 0. The summed E-state index contributed by atoms with van der Waals surface area (Å²) in [6, 6.07) is 0.520. The van der Waals surface area contributed by atoms with Crippen molar-refractivity contribution >= 4 is 11.6 Å².